The third-order valence-electron chi connectivity index (χ3n) is 4.52. The van der Waals surface area contributed by atoms with E-state index in [0.29, 0.717) is 12.5 Å². The molecule has 28 heavy (non-hydrogen) atoms. The Kier molecular flexibility index (Phi) is 7.50. The first-order chi connectivity index (χ1) is 13.3. The number of phenols is 1. The lowest BCUT2D eigenvalue weighted by atomic mass is 9.97. The molecule has 0 spiro atoms. The van der Waals surface area contributed by atoms with E-state index >= 15 is 0 Å². The molecule has 0 unspecified atom stereocenters. The minimum absolute atomic E-state index is 0.224. The maximum absolute atomic E-state index is 9.64. The summed E-state index contributed by atoms with van der Waals surface area (Å²) in [7, 11) is 1.65. The fraction of sp³-hybridized carbons (Fsp3) is 0.348. The Balaban J connectivity index is 2.45. The highest BCUT2D eigenvalue weighted by atomic mass is 16.5. The second-order valence-corrected chi connectivity index (χ2v) is 7.12. The molecule has 2 aromatic rings. The van der Waals surface area contributed by atoms with Crippen LogP contribution < -0.4 is 4.74 Å². The maximum Gasteiger partial charge on any atom is 0.119 e. The highest BCUT2D eigenvalue weighted by Gasteiger charge is 2.12. The van der Waals surface area contributed by atoms with Crippen molar-refractivity contribution < 1.29 is 9.84 Å². The van der Waals surface area contributed by atoms with Gasteiger partial charge in [-0.2, -0.15) is 10.2 Å². The summed E-state index contributed by atoms with van der Waals surface area (Å²) in [5.74, 6) is 1.36. The summed E-state index contributed by atoms with van der Waals surface area (Å²) in [5, 5.41) is 18.2. The van der Waals surface area contributed by atoms with Crippen LogP contribution in [0.15, 0.2) is 57.7 Å². The maximum atomic E-state index is 9.64. The van der Waals surface area contributed by atoms with Gasteiger partial charge >= 0.3 is 0 Å². The van der Waals surface area contributed by atoms with E-state index in [2.05, 4.69) is 24.1 Å². The van der Waals surface area contributed by atoms with E-state index in [1.165, 1.54) is 0 Å². The lowest BCUT2D eigenvalue weighted by Gasteiger charge is -2.12. The molecular weight excluding hydrogens is 350 g/mol. The molecule has 2 aromatic carbocycles. The number of nitrogens with zero attached hydrogens (tertiary/aromatic N) is 3. The zero-order valence-corrected chi connectivity index (χ0v) is 17.5. The Morgan fingerprint density at radius 1 is 1.04 bits per heavy atom. The standard InChI is InChI=1S/C23H29N3O2/c1-15(2)18(5)26-25-17(4)14-24-23(19-8-10-20(27)11-9-19)22-13-21(28-6)12-7-16(22)3/h7-13,15,27H,14H2,1-6H3/b24-23?,25-17+,26-18-. The van der Waals surface area contributed by atoms with Gasteiger partial charge in [-0.05, 0) is 68.7 Å². The zero-order valence-electron chi connectivity index (χ0n) is 17.5. The average molecular weight is 380 g/mol. The quantitative estimate of drug-likeness (QED) is 0.541. The van der Waals surface area contributed by atoms with E-state index < -0.39 is 0 Å². The van der Waals surface area contributed by atoms with E-state index in [4.69, 9.17) is 9.73 Å². The summed E-state index contributed by atoms with van der Waals surface area (Å²) >= 11 is 0. The number of aromatic hydroxyl groups is 1. The van der Waals surface area contributed by atoms with Crippen molar-refractivity contribution in [1.82, 2.24) is 0 Å². The number of hydrogen-bond acceptors (Lipinski definition) is 5. The molecule has 0 aromatic heterocycles. The van der Waals surface area contributed by atoms with Gasteiger partial charge in [0.05, 0.1) is 25.1 Å². The van der Waals surface area contributed by atoms with Crippen LogP contribution in [0.5, 0.6) is 11.5 Å². The monoisotopic (exact) mass is 379 g/mol. The van der Waals surface area contributed by atoms with Crippen molar-refractivity contribution in [2.45, 2.75) is 34.6 Å². The Morgan fingerprint density at radius 2 is 1.71 bits per heavy atom. The highest BCUT2D eigenvalue weighted by molar-refractivity contribution is 6.14. The summed E-state index contributed by atoms with van der Waals surface area (Å²) in [6, 6.07) is 13.0. The van der Waals surface area contributed by atoms with Crippen LogP contribution in [-0.2, 0) is 0 Å². The van der Waals surface area contributed by atoms with Crippen LogP contribution in [-0.4, -0.2) is 35.9 Å². The first-order valence-corrected chi connectivity index (χ1v) is 9.38. The van der Waals surface area contributed by atoms with Crippen molar-refractivity contribution in [3.63, 3.8) is 0 Å². The van der Waals surface area contributed by atoms with E-state index in [-0.39, 0.29) is 5.75 Å². The SMILES string of the molecule is COc1ccc(C)c(C(=NC/C(C)=N/N=C(/C)C(C)C)c2ccc(O)cc2)c1. The second kappa shape index (κ2) is 9.83. The van der Waals surface area contributed by atoms with E-state index in [1.807, 2.05) is 51.1 Å². The Hall–Kier alpha value is -2.95. The predicted octanol–water partition coefficient (Wildman–Crippen LogP) is 5.04. The number of rotatable bonds is 7. The fourth-order valence-corrected chi connectivity index (χ4v) is 2.44. The predicted molar refractivity (Wildman–Crippen MR) is 117 cm³/mol. The summed E-state index contributed by atoms with van der Waals surface area (Å²) in [5.41, 5.74) is 5.65. The van der Waals surface area contributed by atoms with Crippen LogP contribution in [0.2, 0.25) is 0 Å². The van der Waals surface area contributed by atoms with Gasteiger partial charge in [0.2, 0.25) is 0 Å². The minimum atomic E-state index is 0.224. The number of methoxy groups -OCH3 is 1. The molecule has 5 nitrogen and oxygen atoms in total. The van der Waals surface area contributed by atoms with Crippen LogP contribution in [0.3, 0.4) is 0 Å². The molecule has 2 rings (SSSR count). The van der Waals surface area contributed by atoms with Gasteiger partial charge in [0.25, 0.3) is 0 Å². The fourth-order valence-electron chi connectivity index (χ4n) is 2.44. The third-order valence-corrected chi connectivity index (χ3v) is 4.52. The van der Waals surface area contributed by atoms with Crippen molar-refractivity contribution in [3.05, 3.63) is 59.2 Å². The smallest absolute Gasteiger partial charge is 0.119 e. The molecule has 148 valence electrons. The number of ether oxygens (including phenoxy) is 1. The molecule has 0 heterocycles. The van der Waals surface area contributed by atoms with Crippen LogP contribution in [0.1, 0.15) is 44.4 Å². The molecule has 0 amide bonds. The van der Waals surface area contributed by atoms with Crippen molar-refractivity contribution >= 4 is 17.1 Å². The van der Waals surface area contributed by atoms with Crippen LogP contribution >= 0.6 is 0 Å². The Bertz CT molecular complexity index is 895. The van der Waals surface area contributed by atoms with E-state index in [1.54, 1.807) is 19.2 Å². The number of aliphatic imine (C=N–C) groups is 1. The summed E-state index contributed by atoms with van der Waals surface area (Å²) in [6.45, 7) is 10.6. The Morgan fingerprint density at radius 3 is 2.32 bits per heavy atom. The zero-order chi connectivity index (χ0) is 20.7. The van der Waals surface area contributed by atoms with Crippen molar-refractivity contribution in [2.24, 2.45) is 21.1 Å². The molecule has 0 saturated heterocycles. The first kappa shape index (κ1) is 21.4. The lowest BCUT2D eigenvalue weighted by molar-refractivity contribution is 0.414. The van der Waals surface area contributed by atoms with Gasteiger partial charge in [0.15, 0.2) is 0 Å². The van der Waals surface area contributed by atoms with Crippen molar-refractivity contribution in [2.75, 3.05) is 13.7 Å². The van der Waals surface area contributed by atoms with Gasteiger partial charge in [-0.15, -0.1) is 0 Å². The van der Waals surface area contributed by atoms with Gasteiger partial charge in [-0.25, -0.2) is 0 Å². The average Bonchev–Trinajstić information content (AvgIpc) is 2.68. The number of benzene rings is 2. The summed E-state index contributed by atoms with van der Waals surface area (Å²) in [6.07, 6.45) is 0. The van der Waals surface area contributed by atoms with Crippen LogP contribution in [0, 0.1) is 12.8 Å². The first-order valence-electron chi connectivity index (χ1n) is 9.38. The molecule has 0 aliphatic heterocycles. The molecular formula is C23H29N3O2. The number of aryl methyl sites for hydroxylation is 1. The molecule has 5 heteroatoms. The Labute approximate surface area is 167 Å². The van der Waals surface area contributed by atoms with Gasteiger partial charge in [0, 0.05) is 16.8 Å². The van der Waals surface area contributed by atoms with Crippen molar-refractivity contribution in [1.29, 1.82) is 0 Å². The summed E-state index contributed by atoms with van der Waals surface area (Å²) in [4.78, 5) is 4.83. The molecule has 0 fully saturated rings. The molecule has 0 bridgehead atoms. The molecule has 0 aliphatic carbocycles. The third kappa shape index (κ3) is 5.78. The van der Waals surface area contributed by atoms with Gasteiger partial charge < -0.3 is 9.84 Å². The van der Waals surface area contributed by atoms with Gasteiger partial charge in [-0.1, -0.05) is 19.9 Å². The van der Waals surface area contributed by atoms with E-state index in [9.17, 15) is 5.11 Å². The lowest BCUT2D eigenvalue weighted by Crippen LogP contribution is -2.09. The van der Waals surface area contributed by atoms with Gasteiger partial charge in [0.1, 0.15) is 11.5 Å². The molecule has 0 radical (unpaired) electrons. The van der Waals surface area contributed by atoms with Crippen molar-refractivity contribution in [3.8, 4) is 11.5 Å². The normalized spacial score (nSPS) is 13.2. The minimum Gasteiger partial charge on any atom is -0.508 e. The molecule has 1 N–H and O–H groups in total. The largest absolute Gasteiger partial charge is 0.508 e. The van der Waals surface area contributed by atoms with Crippen LogP contribution in [0.25, 0.3) is 0 Å². The van der Waals surface area contributed by atoms with Crippen LogP contribution in [0.4, 0.5) is 0 Å². The molecule has 0 aliphatic rings. The number of hydrogen-bond donors (Lipinski definition) is 1. The number of phenolic OH excluding ortho intramolecular Hbond substituents is 1. The topological polar surface area (TPSA) is 66.5 Å². The summed E-state index contributed by atoms with van der Waals surface area (Å²) < 4.78 is 5.39. The van der Waals surface area contributed by atoms with E-state index in [0.717, 1.165) is 39.6 Å². The highest BCUT2D eigenvalue weighted by Crippen LogP contribution is 2.22. The van der Waals surface area contributed by atoms with Gasteiger partial charge in [-0.3, -0.25) is 4.99 Å². The molecule has 0 saturated carbocycles. The molecule has 0 atom stereocenters. The second-order valence-electron chi connectivity index (χ2n) is 7.12.